The van der Waals surface area contributed by atoms with E-state index in [0.29, 0.717) is 0 Å². The highest BCUT2D eigenvalue weighted by Gasteiger charge is 2.39. The lowest BCUT2D eigenvalue weighted by Crippen LogP contribution is -2.44. The predicted octanol–water partition coefficient (Wildman–Crippen LogP) is 3.17. The first-order chi connectivity index (χ1) is 8.81. The molecule has 2 atom stereocenters. The van der Waals surface area contributed by atoms with Crippen molar-refractivity contribution >= 4 is 0 Å². The standard InChI is InChI=1S/C16H30N2/c1-2-17-14-5-6-15(13-14)18-11-9-16(10-12-18)7-3-4-8-16/h14-15,17H,2-13H2,1H3. The van der Waals surface area contributed by atoms with Crippen LogP contribution in [0.3, 0.4) is 0 Å². The van der Waals surface area contributed by atoms with Crippen LogP contribution >= 0.6 is 0 Å². The van der Waals surface area contributed by atoms with Crippen molar-refractivity contribution in [3.05, 3.63) is 0 Å². The van der Waals surface area contributed by atoms with Crippen LogP contribution in [0.25, 0.3) is 0 Å². The highest BCUT2D eigenvalue weighted by atomic mass is 15.2. The van der Waals surface area contributed by atoms with Gasteiger partial charge < -0.3 is 10.2 Å². The van der Waals surface area contributed by atoms with Gasteiger partial charge in [0.05, 0.1) is 0 Å². The lowest BCUT2D eigenvalue weighted by atomic mass is 9.77. The Kier molecular flexibility index (Phi) is 3.95. The Morgan fingerprint density at radius 2 is 1.78 bits per heavy atom. The number of hydrogen-bond acceptors (Lipinski definition) is 2. The monoisotopic (exact) mass is 250 g/mol. The summed E-state index contributed by atoms with van der Waals surface area (Å²) < 4.78 is 0. The highest BCUT2D eigenvalue weighted by Crippen LogP contribution is 2.46. The maximum atomic E-state index is 3.64. The van der Waals surface area contributed by atoms with Crippen LogP contribution in [-0.2, 0) is 0 Å². The molecule has 1 saturated heterocycles. The third-order valence-corrected chi connectivity index (χ3v) is 5.94. The van der Waals surface area contributed by atoms with Crippen molar-refractivity contribution in [3.8, 4) is 0 Å². The Labute approximate surface area is 113 Å². The quantitative estimate of drug-likeness (QED) is 0.827. The van der Waals surface area contributed by atoms with E-state index in [1.165, 1.54) is 70.9 Å². The van der Waals surface area contributed by atoms with Gasteiger partial charge in [0.2, 0.25) is 0 Å². The van der Waals surface area contributed by atoms with Crippen LogP contribution in [0.5, 0.6) is 0 Å². The summed E-state index contributed by atoms with van der Waals surface area (Å²) in [5, 5.41) is 3.64. The summed E-state index contributed by atoms with van der Waals surface area (Å²) in [7, 11) is 0. The molecule has 1 aliphatic heterocycles. The van der Waals surface area contributed by atoms with E-state index in [0.717, 1.165) is 24.0 Å². The molecule has 0 radical (unpaired) electrons. The van der Waals surface area contributed by atoms with Gasteiger partial charge >= 0.3 is 0 Å². The van der Waals surface area contributed by atoms with E-state index in [2.05, 4.69) is 17.1 Å². The zero-order valence-electron chi connectivity index (χ0n) is 12.1. The van der Waals surface area contributed by atoms with Crippen molar-refractivity contribution < 1.29 is 0 Å². The Balaban J connectivity index is 1.48. The van der Waals surface area contributed by atoms with Gasteiger partial charge in [-0.3, -0.25) is 0 Å². The molecular weight excluding hydrogens is 220 g/mol. The fourth-order valence-electron chi connectivity index (χ4n) is 4.75. The second kappa shape index (κ2) is 5.50. The molecule has 2 unspecified atom stereocenters. The van der Waals surface area contributed by atoms with Gasteiger partial charge in [0.1, 0.15) is 0 Å². The molecule has 1 spiro atoms. The van der Waals surface area contributed by atoms with Crippen LogP contribution in [0.15, 0.2) is 0 Å². The SMILES string of the molecule is CCNC1CCC(N2CCC3(CCCC3)CC2)C1. The number of hydrogen-bond donors (Lipinski definition) is 1. The number of rotatable bonds is 3. The van der Waals surface area contributed by atoms with Crippen molar-refractivity contribution in [2.24, 2.45) is 5.41 Å². The van der Waals surface area contributed by atoms with E-state index >= 15 is 0 Å². The summed E-state index contributed by atoms with van der Waals surface area (Å²) in [4.78, 5) is 2.82. The normalized spacial score (nSPS) is 36.5. The topological polar surface area (TPSA) is 15.3 Å². The Morgan fingerprint density at radius 3 is 2.44 bits per heavy atom. The molecule has 0 aromatic rings. The third-order valence-electron chi connectivity index (χ3n) is 5.94. The Morgan fingerprint density at radius 1 is 1.06 bits per heavy atom. The summed E-state index contributed by atoms with van der Waals surface area (Å²) >= 11 is 0. The molecule has 2 nitrogen and oxygen atoms in total. The molecule has 0 bridgehead atoms. The lowest BCUT2D eigenvalue weighted by molar-refractivity contribution is 0.0769. The molecule has 2 heteroatoms. The molecule has 0 amide bonds. The van der Waals surface area contributed by atoms with E-state index in [9.17, 15) is 0 Å². The maximum Gasteiger partial charge on any atom is 0.0111 e. The van der Waals surface area contributed by atoms with Crippen molar-refractivity contribution in [2.75, 3.05) is 19.6 Å². The van der Waals surface area contributed by atoms with Crippen molar-refractivity contribution in [2.45, 2.75) is 76.8 Å². The van der Waals surface area contributed by atoms with Gasteiger partial charge in [-0.1, -0.05) is 19.8 Å². The molecule has 2 saturated carbocycles. The number of piperidine rings is 1. The summed E-state index contributed by atoms with van der Waals surface area (Å²) in [6.45, 7) is 6.16. The van der Waals surface area contributed by atoms with E-state index in [-0.39, 0.29) is 0 Å². The largest absolute Gasteiger partial charge is 0.314 e. The van der Waals surface area contributed by atoms with Crippen LogP contribution in [0.2, 0.25) is 0 Å². The van der Waals surface area contributed by atoms with Gasteiger partial charge in [0.25, 0.3) is 0 Å². The maximum absolute atomic E-state index is 3.64. The highest BCUT2D eigenvalue weighted by molar-refractivity contribution is 4.94. The van der Waals surface area contributed by atoms with Crippen LogP contribution in [0.1, 0.15) is 64.7 Å². The van der Waals surface area contributed by atoms with Gasteiger partial charge in [0.15, 0.2) is 0 Å². The Hall–Kier alpha value is -0.0800. The summed E-state index contributed by atoms with van der Waals surface area (Å²) in [6.07, 6.45) is 13.3. The molecule has 1 heterocycles. The van der Waals surface area contributed by atoms with Crippen molar-refractivity contribution in [3.63, 3.8) is 0 Å². The molecule has 18 heavy (non-hydrogen) atoms. The molecular formula is C16H30N2. The molecule has 2 aliphatic carbocycles. The fraction of sp³-hybridized carbons (Fsp3) is 1.00. The van der Waals surface area contributed by atoms with Gasteiger partial charge in [-0.25, -0.2) is 0 Å². The third kappa shape index (κ3) is 2.60. The van der Waals surface area contributed by atoms with Gasteiger partial charge in [-0.05, 0) is 70.0 Å². The van der Waals surface area contributed by atoms with Crippen LogP contribution in [-0.4, -0.2) is 36.6 Å². The molecule has 3 aliphatic rings. The first-order valence-electron chi connectivity index (χ1n) is 8.29. The minimum atomic E-state index is 0.788. The first-order valence-corrected chi connectivity index (χ1v) is 8.29. The van der Waals surface area contributed by atoms with Gasteiger partial charge in [0, 0.05) is 12.1 Å². The zero-order valence-corrected chi connectivity index (χ0v) is 12.1. The minimum Gasteiger partial charge on any atom is -0.314 e. The van der Waals surface area contributed by atoms with Crippen molar-refractivity contribution in [1.82, 2.24) is 10.2 Å². The van der Waals surface area contributed by atoms with E-state index < -0.39 is 0 Å². The van der Waals surface area contributed by atoms with E-state index in [1.807, 2.05) is 0 Å². The Bertz CT molecular complexity index is 260. The fourth-order valence-corrected chi connectivity index (χ4v) is 4.75. The average molecular weight is 250 g/mol. The van der Waals surface area contributed by atoms with Crippen LogP contribution in [0, 0.1) is 5.41 Å². The number of likely N-dealkylation sites (tertiary alicyclic amines) is 1. The second-order valence-corrected chi connectivity index (χ2v) is 6.96. The van der Waals surface area contributed by atoms with Crippen LogP contribution < -0.4 is 5.32 Å². The molecule has 0 aromatic carbocycles. The smallest absolute Gasteiger partial charge is 0.0111 e. The van der Waals surface area contributed by atoms with Crippen LogP contribution in [0.4, 0.5) is 0 Å². The molecule has 0 aromatic heterocycles. The zero-order chi connectivity index (χ0) is 12.4. The predicted molar refractivity (Wildman–Crippen MR) is 76.8 cm³/mol. The van der Waals surface area contributed by atoms with E-state index in [4.69, 9.17) is 0 Å². The number of nitrogens with zero attached hydrogens (tertiary/aromatic N) is 1. The first kappa shape index (κ1) is 12.9. The molecule has 1 N–H and O–H groups in total. The van der Waals surface area contributed by atoms with Gasteiger partial charge in [-0.2, -0.15) is 0 Å². The summed E-state index contributed by atoms with van der Waals surface area (Å²) in [6, 6.07) is 1.70. The summed E-state index contributed by atoms with van der Waals surface area (Å²) in [5.74, 6) is 0. The number of nitrogens with one attached hydrogen (secondary N) is 1. The lowest BCUT2D eigenvalue weighted by Gasteiger charge is -2.42. The molecule has 104 valence electrons. The summed E-state index contributed by atoms with van der Waals surface area (Å²) in [5.41, 5.74) is 0.788. The average Bonchev–Trinajstić information content (AvgIpc) is 3.02. The molecule has 3 rings (SSSR count). The second-order valence-electron chi connectivity index (χ2n) is 6.96. The minimum absolute atomic E-state index is 0.788. The van der Waals surface area contributed by atoms with E-state index in [1.54, 1.807) is 0 Å². The van der Waals surface area contributed by atoms with Crippen molar-refractivity contribution in [1.29, 1.82) is 0 Å². The van der Waals surface area contributed by atoms with Gasteiger partial charge in [-0.15, -0.1) is 0 Å². The molecule has 3 fully saturated rings.